The van der Waals surface area contributed by atoms with Gasteiger partial charge in [0.2, 0.25) is 10.0 Å². The number of benzene rings is 1. The van der Waals surface area contributed by atoms with Crippen LogP contribution in [0.15, 0.2) is 35.5 Å². The third kappa shape index (κ3) is 3.41. The average molecular weight is 296 g/mol. The highest BCUT2D eigenvalue weighted by Crippen LogP contribution is 2.10. The highest BCUT2D eigenvalue weighted by molar-refractivity contribution is 7.89. The van der Waals surface area contributed by atoms with Gasteiger partial charge in [0.05, 0.1) is 11.5 Å². The Morgan fingerprint density at radius 3 is 2.55 bits per heavy atom. The number of aryl methyl sites for hydroxylation is 1. The number of nitrogens with zero attached hydrogens (tertiary/aromatic N) is 3. The molecule has 0 amide bonds. The van der Waals surface area contributed by atoms with Gasteiger partial charge in [-0.3, -0.25) is 0 Å². The molecule has 0 spiro atoms. The SMILES string of the molecule is Cn1cnnc1CCNS(=O)(=O)c1ccc(CO)cc1. The van der Waals surface area contributed by atoms with Crippen LogP contribution >= 0.6 is 0 Å². The van der Waals surface area contributed by atoms with Gasteiger partial charge in [-0.25, -0.2) is 13.1 Å². The van der Waals surface area contributed by atoms with E-state index in [0.717, 1.165) is 0 Å². The predicted octanol–water partition coefficient (Wildman–Crippen LogP) is -0.172. The molecule has 1 heterocycles. The monoisotopic (exact) mass is 296 g/mol. The Kier molecular flexibility index (Phi) is 4.48. The molecule has 0 aliphatic carbocycles. The van der Waals surface area contributed by atoms with E-state index in [4.69, 9.17) is 5.11 Å². The summed E-state index contributed by atoms with van der Waals surface area (Å²) >= 11 is 0. The first kappa shape index (κ1) is 14.6. The summed E-state index contributed by atoms with van der Waals surface area (Å²) < 4.78 is 28.3. The standard InChI is InChI=1S/C12H16N4O3S/c1-16-9-13-15-12(16)6-7-14-20(18,19)11-4-2-10(8-17)3-5-11/h2-5,9,14,17H,6-8H2,1H3. The Bertz CT molecular complexity index is 664. The lowest BCUT2D eigenvalue weighted by atomic mass is 10.2. The van der Waals surface area contributed by atoms with Crippen molar-refractivity contribution in [1.29, 1.82) is 0 Å². The van der Waals surface area contributed by atoms with Crippen LogP contribution in [0.1, 0.15) is 11.4 Å². The molecule has 0 unspecified atom stereocenters. The van der Waals surface area contributed by atoms with Gasteiger partial charge in [-0.1, -0.05) is 12.1 Å². The Hall–Kier alpha value is -1.77. The van der Waals surface area contributed by atoms with Crippen molar-refractivity contribution in [3.05, 3.63) is 42.0 Å². The van der Waals surface area contributed by atoms with Crippen LogP contribution < -0.4 is 4.72 Å². The van der Waals surface area contributed by atoms with Crippen LogP contribution in [0.5, 0.6) is 0 Å². The molecule has 0 aliphatic rings. The maximum Gasteiger partial charge on any atom is 0.240 e. The van der Waals surface area contributed by atoms with Crippen molar-refractivity contribution >= 4 is 10.0 Å². The zero-order valence-corrected chi connectivity index (χ0v) is 11.8. The summed E-state index contributed by atoms with van der Waals surface area (Å²) in [5.74, 6) is 0.711. The lowest BCUT2D eigenvalue weighted by Crippen LogP contribution is -2.26. The zero-order valence-electron chi connectivity index (χ0n) is 11.0. The number of hydrogen-bond donors (Lipinski definition) is 2. The Morgan fingerprint density at radius 1 is 1.30 bits per heavy atom. The molecule has 0 aliphatic heterocycles. The van der Waals surface area contributed by atoms with Gasteiger partial charge in [0.25, 0.3) is 0 Å². The fourth-order valence-electron chi connectivity index (χ4n) is 1.69. The van der Waals surface area contributed by atoms with E-state index < -0.39 is 10.0 Å². The van der Waals surface area contributed by atoms with Crippen molar-refractivity contribution in [1.82, 2.24) is 19.5 Å². The lowest BCUT2D eigenvalue weighted by Gasteiger charge is -2.07. The summed E-state index contributed by atoms with van der Waals surface area (Å²) in [7, 11) is -1.74. The number of nitrogens with one attached hydrogen (secondary N) is 1. The minimum atomic E-state index is -3.54. The van der Waals surface area contributed by atoms with Crippen LogP contribution in [-0.4, -0.2) is 34.8 Å². The van der Waals surface area contributed by atoms with Crippen LogP contribution in [0.3, 0.4) is 0 Å². The second kappa shape index (κ2) is 6.12. The number of sulfonamides is 1. The van der Waals surface area contributed by atoms with E-state index in [-0.39, 0.29) is 18.0 Å². The number of rotatable bonds is 6. The van der Waals surface area contributed by atoms with Crippen molar-refractivity contribution in [2.75, 3.05) is 6.54 Å². The maximum absolute atomic E-state index is 12.0. The molecule has 8 heteroatoms. The molecule has 20 heavy (non-hydrogen) atoms. The molecule has 0 atom stereocenters. The molecule has 2 rings (SSSR count). The number of aromatic nitrogens is 3. The van der Waals surface area contributed by atoms with E-state index in [0.29, 0.717) is 17.8 Å². The van der Waals surface area contributed by atoms with Crippen molar-refractivity contribution in [3.63, 3.8) is 0 Å². The van der Waals surface area contributed by atoms with Crippen molar-refractivity contribution in [3.8, 4) is 0 Å². The van der Waals surface area contributed by atoms with E-state index >= 15 is 0 Å². The third-order valence-corrected chi connectivity index (χ3v) is 4.34. The van der Waals surface area contributed by atoms with Gasteiger partial charge in [0.15, 0.2) is 0 Å². The molecule has 1 aromatic heterocycles. The summed E-state index contributed by atoms with van der Waals surface area (Å²) in [6.45, 7) is 0.135. The smallest absolute Gasteiger partial charge is 0.240 e. The third-order valence-electron chi connectivity index (χ3n) is 2.86. The molecule has 0 bridgehead atoms. The second-order valence-corrected chi connectivity index (χ2v) is 6.07. The first-order valence-corrected chi connectivity index (χ1v) is 7.53. The molecule has 108 valence electrons. The van der Waals surface area contributed by atoms with Gasteiger partial charge < -0.3 is 9.67 Å². The number of hydrogen-bond acceptors (Lipinski definition) is 5. The molecule has 2 N–H and O–H groups in total. The summed E-state index contributed by atoms with van der Waals surface area (Å²) in [5.41, 5.74) is 0.669. The van der Waals surface area contributed by atoms with Crippen molar-refractivity contribution < 1.29 is 13.5 Å². The lowest BCUT2D eigenvalue weighted by molar-refractivity contribution is 0.282. The fourth-order valence-corrected chi connectivity index (χ4v) is 2.72. The molecule has 0 saturated heterocycles. The van der Waals surface area contributed by atoms with E-state index in [1.807, 2.05) is 0 Å². The van der Waals surface area contributed by atoms with E-state index in [2.05, 4.69) is 14.9 Å². The molecular formula is C12H16N4O3S. The summed E-state index contributed by atoms with van der Waals surface area (Å²) in [6.07, 6.45) is 2.03. The Morgan fingerprint density at radius 2 is 2.00 bits per heavy atom. The van der Waals surface area contributed by atoms with Crippen molar-refractivity contribution in [2.24, 2.45) is 7.05 Å². The van der Waals surface area contributed by atoms with Crippen LogP contribution in [0.25, 0.3) is 0 Å². The van der Waals surface area contributed by atoms with Crippen LogP contribution in [0.2, 0.25) is 0 Å². The van der Waals surface area contributed by atoms with Gasteiger partial charge >= 0.3 is 0 Å². The Labute approximate surface area is 117 Å². The summed E-state index contributed by atoms with van der Waals surface area (Å²) in [5, 5.41) is 16.5. The quantitative estimate of drug-likeness (QED) is 0.771. The first-order chi connectivity index (χ1) is 9.53. The minimum Gasteiger partial charge on any atom is -0.392 e. The highest BCUT2D eigenvalue weighted by atomic mass is 32.2. The van der Waals surface area contributed by atoms with Crippen LogP contribution in [0, 0.1) is 0 Å². The van der Waals surface area contributed by atoms with Crippen LogP contribution in [-0.2, 0) is 30.1 Å². The molecule has 2 aromatic rings. The number of aliphatic hydroxyl groups is 1. The Balaban J connectivity index is 1.98. The highest BCUT2D eigenvalue weighted by Gasteiger charge is 2.13. The fraction of sp³-hybridized carbons (Fsp3) is 0.333. The molecule has 0 saturated carbocycles. The summed E-state index contributed by atoms with van der Waals surface area (Å²) in [4.78, 5) is 0.174. The number of aliphatic hydroxyl groups excluding tert-OH is 1. The van der Waals surface area contributed by atoms with Crippen molar-refractivity contribution in [2.45, 2.75) is 17.9 Å². The molecule has 7 nitrogen and oxygen atoms in total. The normalized spacial score (nSPS) is 11.7. The van der Waals surface area contributed by atoms with Crippen LogP contribution in [0.4, 0.5) is 0 Å². The minimum absolute atomic E-state index is 0.111. The molecule has 0 radical (unpaired) electrons. The maximum atomic E-state index is 12.0. The molecular weight excluding hydrogens is 280 g/mol. The van der Waals surface area contributed by atoms with E-state index in [1.54, 1.807) is 30.1 Å². The topological polar surface area (TPSA) is 97.1 Å². The van der Waals surface area contributed by atoms with E-state index in [1.165, 1.54) is 12.1 Å². The molecule has 1 aromatic carbocycles. The first-order valence-electron chi connectivity index (χ1n) is 6.05. The summed E-state index contributed by atoms with van der Waals surface area (Å²) in [6, 6.07) is 6.10. The predicted molar refractivity (Wildman–Crippen MR) is 72.3 cm³/mol. The second-order valence-electron chi connectivity index (χ2n) is 4.31. The van der Waals surface area contributed by atoms with Gasteiger partial charge in [-0.15, -0.1) is 10.2 Å². The van der Waals surface area contributed by atoms with Gasteiger partial charge in [0, 0.05) is 20.0 Å². The zero-order chi connectivity index (χ0) is 14.6. The van der Waals surface area contributed by atoms with E-state index in [9.17, 15) is 8.42 Å². The average Bonchev–Trinajstić information content (AvgIpc) is 2.84. The largest absolute Gasteiger partial charge is 0.392 e. The van der Waals surface area contributed by atoms with Gasteiger partial charge in [-0.2, -0.15) is 0 Å². The molecule has 0 fully saturated rings. The van der Waals surface area contributed by atoms with Gasteiger partial charge in [-0.05, 0) is 17.7 Å². The van der Waals surface area contributed by atoms with Gasteiger partial charge in [0.1, 0.15) is 12.2 Å².